The molecule has 1 aliphatic rings. The molecule has 0 saturated heterocycles. The predicted octanol–water partition coefficient (Wildman–Crippen LogP) is 3.81. The number of hydrogen-bond donors (Lipinski definition) is 0. The second-order valence-electron chi connectivity index (χ2n) is 8.57. The number of fused-ring (bicyclic) bond motifs is 3. The van der Waals surface area contributed by atoms with Gasteiger partial charge in [-0.3, -0.25) is 14.2 Å². The van der Waals surface area contributed by atoms with Gasteiger partial charge in [0.05, 0.1) is 32.0 Å². The van der Waals surface area contributed by atoms with E-state index >= 15 is 0 Å². The third-order valence-corrected chi connectivity index (χ3v) is 7.44. The molecule has 0 aliphatic carbocycles. The molecule has 0 radical (unpaired) electrons. The Morgan fingerprint density at radius 2 is 1.89 bits per heavy atom. The van der Waals surface area contributed by atoms with Crippen LogP contribution in [-0.2, 0) is 42.1 Å². The molecule has 180 valence electrons. The maximum atomic E-state index is 13.3. The number of thiophene rings is 1. The van der Waals surface area contributed by atoms with Crippen molar-refractivity contribution in [3.05, 3.63) is 92.8 Å². The van der Waals surface area contributed by atoms with Crippen molar-refractivity contribution in [3.8, 4) is 5.75 Å². The molecule has 0 fully saturated rings. The van der Waals surface area contributed by atoms with Crippen molar-refractivity contribution in [1.29, 1.82) is 0 Å². The Balaban J connectivity index is 1.25. The van der Waals surface area contributed by atoms with E-state index in [4.69, 9.17) is 9.47 Å². The molecular weight excluding hydrogens is 462 g/mol. The van der Waals surface area contributed by atoms with Crippen molar-refractivity contribution in [2.45, 2.75) is 32.5 Å². The van der Waals surface area contributed by atoms with Crippen LogP contribution in [0.5, 0.6) is 5.75 Å². The van der Waals surface area contributed by atoms with Crippen LogP contribution in [-0.4, -0.2) is 40.6 Å². The summed E-state index contributed by atoms with van der Waals surface area (Å²) in [6, 6.07) is 17.7. The van der Waals surface area contributed by atoms with Crippen LogP contribution in [0.15, 0.2) is 65.7 Å². The van der Waals surface area contributed by atoms with Gasteiger partial charge in [0.25, 0.3) is 5.56 Å². The van der Waals surface area contributed by atoms with E-state index in [9.17, 15) is 9.59 Å². The molecule has 0 unspecified atom stereocenters. The lowest BCUT2D eigenvalue weighted by Gasteiger charge is -2.27. The fourth-order valence-corrected chi connectivity index (χ4v) is 5.55. The molecule has 4 aromatic rings. The molecule has 2 aromatic carbocycles. The average Bonchev–Trinajstić information content (AvgIpc) is 3.28. The number of benzene rings is 2. The van der Waals surface area contributed by atoms with Gasteiger partial charge in [0.1, 0.15) is 17.2 Å². The Hall–Kier alpha value is -3.49. The first-order valence-electron chi connectivity index (χ1n) is 11.6. The molecule has 1 amide bonds. The van der Waals surface area contributed by atoms with Crippen molar-refractivity contribution in [2.75, 3.05) is 20.3 Å². The Morgan fingerprint density at radius 1 is 1.09 bits per heavy atom. The van der Waals surface area contributed by atoms with Gasteiger partial charge in [-0.2, -0.15) is 0 Å². The highest BCUT2D eigenvalue weighted by Gasteiger charge is 2.26. The van der Waals surface area contributed by atoms with Gasteiger partial charge in [-0.25, -0.2) is 4.98 Å². The monoisotopic (exact) mass is 489 g/mol. The van der Waals surface area contributed by atoms with Crippen molar-refractivity contribution in [2.24, 2.45) is 0 Å². The van der Waals surface area contributed by atoms with E-state index < -0.39 is 0 Å². The average molecular weight is 490 g/mol. The van der Waals surface area contributed by atoms with Gasteiger partial charge < -0.3 is 14.4 Å². The van der Waals surface area contributed by atoms with Crippen LogP contribution in [0.1, 0.15) is 21.6 Å². The summed E-state index contributed by atoms with van der Waals surface area (Å²) in [5.41, 5.74) is 3.20. The smallest absolute Gasteiger partial charge is 0.262 e. The molecule has 2 aromatic heterocycles. The summed E-state index contributed by atoms with van der Waals surface area (Å²) in [6.07, 6.45) is 3.02. The Morgan fingerprint density at radius 3 is 2.66 bits per heavy atom. The topological polar surface area (TPSA) is 73.7 Å². The SMILES string of the molecule is COc1ccc(CCn2cnc3sc4c(c3c2=O)CCN(C(=O)COCc2ccccc2)C4)cc1. The van der Waals surface area contributed by atoms with Crippen LogP contribution in [0, 0.1) is 0 Å². The van der Waals surface area contributed by atoms with Crippen LogP contribution < -0.4 is 10.3 Å². The standard InChI is InChI=1S/C27H27N3O4S/c1-33-21-9-7-19(8-10-21)11-13-30-18-28-26-25(27(30)32)22-12-14-29(15-23(22)35-26)24(31)17-34-16-20-5-3-2-4-6-20/h2-10,18H,11-17H2,1H3. The summed E-state index contributed by atoms with van der Waals surface area (Å²) in [5, 5.41) is 0.703. The molecule has 0 N–H and O–H groups in total. The van der Waals surface area contributed by atoms with E-state index in [1.807, 2.05) is 59.5 Å². The summed E-state index contributed by atoms with van der Waals surface area (Å²) in [7, 11) is 1.64. The minimum Gasteiger partial charge on any atom is -0.497 e. The van der Waals surface area contributed by atoms with E-state index in [2.05, 4.69) is 4.98 Å². The molecule has 0 atom stereocenters. The lowest BCUT2D eigenvalue weighted by molar-refractivity contribution is -0.137. The normalized spacial score (nSPS) is 13.1. The number of methoxy groups -OCH3 is 1. The molecule has 35 heavy (non-hydrogen) atoms. The van der Waals surface area contributed by atoms with Gasteiger partial charge in [0.15, 0.2) is 0 Å². The van der Waals surface area contributed by atoms with Crippen LogP contribution in [0.3, 0.4) is 0 Å². The number of hydrogen-bond acceptors (Lipinski definition) is 6. The van der Waals surface area contributed by atoms with E-state index in [1.54, 1.807) is 18.0 Å². The molecule has 1 aliphatic heterocycles. The van der Waals surface area contributed by atoms with Crippen molar-refractivity contribution >= 4 is 27.5 Å². The first kappa shape index (κ1) is 23.3. The highest BCUT2D eigenvalue weighted by molar-refractivity contribution is 7.18. The first-order valence-corrected chi connectivity index (χ1v) is 12.5. The summed E-state index contributed by atoms with van der Waals surface area (Å²) in [6.45, 7) is 2.09. The fraction of sp³-hybridized carbons (Fsp3) is 0.296. The summed E-state index contributed by atoms with van der Waals surface area (Å²) >= 11 is 1.51. The number of rotatable bonds is 8. The Labute approximate surface area is 207 Å². The van der Waals surface area contributed by atoms with Crippen LogP contribution >= 0.6 is 11.3 Å². The zero-order valence-corrected chi connectivity index (χ0v) is 20.4. The van der Waals surface area contributed by atoms with Gasteiger partial charge in [0.2, 0.25) is 5.91 Å². The second kappa shape index (κ2) is 10.4. The van der Waals surface area contributed by atoms with E-state index in [1.165, 1.54) is 11.3 Å². The van der Waals surface area contributed by atoms with E-state index in [0.29, 0.717) is 38.0 Å². The number of ether oxygens (including phenoxy) is 2. The lowest BCUT2D eigenvalue weighted by Crippen LogP contribution is -2.37. The molecule has 5 rings (SSSR count). The van der Waals surface area contributed by atoms with Crippen LogP contribution in [0.2, 0.25) is 0 Å². The number of nitrogens with zero attached hydrogens (tertiary/aromatic N) is 3. The van der Waals surface area contributed by atoms with Gasteiger partial charge in [-0.05, 0) is 41.7 Å². The highest BCUT2D eigenvalue weighted by Crippen LogP contribution is 2.32. The first-order chi connectivity index (χ1) is 17.1. The Kier molecular flexibility index (Phi) is 6.92. The maximum Gasteiger partial charge on any atom is 0.262 e. The van der Waals surface area contributed by atoms with Crippen LogP contribution in [0.4, 0.5) is 0 Å². The van der Waals surface area contributed by atoms with Gasteiger partial charge >= 0.3 is 0 Å². The number of aryl methyl sites for hydroxylation is 2. The maximum absolute atomic E-state index is 13.3. The molecule has 0 spiro atoms. The fourth-order valence-electron chi connectivity index (χ4n) is 4.35. The lowest BCUT2D eigenvalue weighted by atomic mass is 10.1. The molecule has 7 nitrogen and oxygen atoms in total. The van der Waals surface area contributed by atoms with Gasteiger partial charge in [-0.1, -0.05) is 42.5 Å². The molecule has 8 heteroatoms. The quantitative estimate of drug-likeness (QED) is 0.376. The Bertz CT molecular complexity index is 1380. The number of aromatic nitrogens is 2. The van der Waals surface area contributed by atoms with Gasteiger partial charge in [0, 0.05) is 18.0 Å². The number of amides is 1. The summed E-state index contributed by atoms with van der Waals surface area (Å²) in [4.78, 5) is 34.2. The third kappa shape index (κ3) is 5.13. The third-order valence-electron chi connectivity index (χ3n) is 6.32. The van der Waals surface area contributed by atoms with E-state index in [0.717, 1.165) is 38.6 Å². The molecule has 3 heterocycles. The highest BCUT2D eigenvalue weighted by atomic mass is 32.1. The largest absolute Gasteiger partial charge is 0.497 e. The van der Waals surface area contributed by atoms with Crippen molar-refractivity contribution < 1.29 is 14.3 Å². The van der Waals surface area contributed by atoms with Gasteiger partial charge in [-0.15, -0.1) is 11.3 Å². The zero-order chi connectivity index (χ0) is 24.2. The summed E-state index contributed by atoms with van der Waals surface area (Å²) in [5.74, 6) is 0.781. The van der Waals surface area contributed by atoms with Crippen LogP contribution in [0.25, 0.3) is 10.2 Å². The molecule has 0 bridgehead atoms. The second-order valence-corrected chi connectivity index (χ2v) is 9.65. The summed E-state index contributed by atoms with van der Waals surface area (Å²) < 4.78 is 12.5. The zero-order valence-electron chi connectivity index (χ0n) is 19.6. The van der Waals surface area contributed by atoms with Crippen molar-refractivity contribution in [3.63, 3.8) is 0 Å². The molecular formula is C27H27N3O4S. The van der Waals surface area contributed by atoms with Crippen molar-refractivity contribution in [1.82, 2.24) is 14.5 Å². The molecule has 0 saturated carbocycles. The predicted molar refractivity (Wildman–Crippen MR) is 136 cm³/mol. The number of carbonyl (C=O) groups is 1. The number of carbonyl (C=O) groups excluding carboxylic acids is 1. The van der Waals surface area contributed by atoms with E-state index in [-0.39, 0.29) is 18.1 Å². The minimum absolute atomic E-state index is 0.00742. The minimum atomic E-state index is -0.0334.